The highest BCUT2D eigenvalue weighted by Crippen LogP contribution is 2.51. The van der Waals surface area contributed by atoms with Gasteiger partial charge in [0.25, 0.3) is 0 Å². The zero-order valence-electron chi connectivity index (χ0n) is 24.7. The van der Waals surface area contributed by atoms with Gasteiger partial charge in [-0.3, -0.25) is 4.99 Å². The fourth-order valence-electron chi connectivity index (χ4n) is 6.82. The maximum atomic E-state index is 5.22. The molecular formula is C41H31N3S. The second-order valence-electron chi connectivity index (χ2n) is 12.0. The van der Waals surface area contributed by atoms with Crippen molar-refractivity contribution in [3.05, 3.63) is 168 Å². The Morgan fingerprint density at radius 1 is 0.667 bits per heavy atom. The fourth-order valence-corrected chi connectivity index (χ4v) is 7.95. The second kappa shape index (κ2) is 10.8. The van der Waals surface area contributed by atoms with E-state index in [0.29, 0.717) is 0 Å². The van der Waals surface area contributed by atoms with Gasteiger partial charge in [0.1, 0.15) is 11.5 Å². The number of benzene rings is 6. The van der Waals surface area contributed by atoms with Crippen LogP contribution < -0.4 is 10.6 Å². The third-order valence-electron chi connectivity index (χ3n) is 9.12. The predicted octanol–water partition coefficient (Wildman–Crippen LogP) is 10.6. The number of allylic oxidation sites excluding steroid dienone is 4. The first kappa shape index (κ1) is 26.4. The monoisotopic (exact) mass is 597 g/mol. The minimum absolute atomic E-state index is 0.176. The quantitative estimate of drug-likeness (QED) is 0.199. The molecule has 0 bridgehead atoms. The van der Waals surface area contributed by atoms with Crippen molar-refractivity contribution < 1.29 is 0 Å². The van der Waals surface area contributed by atoms with Crippen LogP contribution in [0.15, 0.2) is 161 Å². The average Bonchev–Trinajstić information content (AvgIpc) is 3.56. The number of fused-ring (bicyclic) bond motifs is 6. The summed E-state index contributed by atoms with van der Waals surface area (Å²) < 4.78 is 0. The Morgan fingerprint density at radius 2 is 1.44 bits per heavy atom. The zero-order chi connectivity index (χ0) is 29.7. The van der Waals surface area contributed by atoms with E-state index in [9.17, 15) is 0 Å². The van der Waals surface area contributed by atoms with E-state index in [1.165, 1.54) is 54.0 Å². The number of hydrogen-bond donors (Lipinski definition) is 2. The second-order valence-corrected chi connectivity index (χ2v) is 13.1. The Morgan fingerprint density at radius 3 is 2.33 bits per heavy atom. The van der Waals surface area contributed by atoms with Crippen molar-refractivity contribution in [1.29, 1.82) is 0 Å². The molecule has 1 aliphatic carbocycles. The number of aliphatic imine (C=N–C) groups is 1. The van der Waals surface area contributed by atoms with E-state index in [1.54, 1.807) is 0 Å². The SMILES string of the molecule is C1=CC(C2=CC(c3ccccc3)=NC(c3ccc4c(ccc5ccc6c(c54)NC(c4ccc5ccccc5c4)S6)c3)N2)=CCC1. The molecule has 2 aliphatic heterocycles. The summed E-state index contributed by atoms with van der Waals surface area (Å²) in [5.41, 5.74) is 8.19. The predicted molar refractivity (Wildman–Crippen MR) is 191 cm³/mol. The molecule has 0 spiro atoms. The lowest BCUT2D eigenvalue weighted by Gasteiger charge is -2.26. The summed E-state index contributed by atoms with van der Waals surface area (Å²) >= 11 is 1.90. The molecule has 9 rings (SSSR count). The maximum absolute atomic E-state index is 5.22. The van der Waals surface area contributed by atoms with Crippen LogP contribution in [-0.4, -0.2) is 5.71 Å². The van der Waals surface area contributed by atoms with E-state index in [-0.39, 0.29) is 11.5 Å². The van der Waals surface area contributed by atoms with Gasteiger partial charge in [-0.2, -0.15) is 0 Å². The van der Waals surface area contributed by atoms with Crippen LogP contribution in [0.5, 0.6) is 0 Å². The molecule has 6 aromatic rings. The molecule has 216 valence electrons. The molecule has 6 aromatic carbocycles. The Labute approximate surface area is 267 Å². The number of nitrogens with zero attached hydrogens (tertiary/aromatic N) is 1. The van der Waals surface area contributed by atoms with Crippen LogP contribution in [0.3, 0.4) is 0 Å². The molecule has 2 heterocycles. The number of hydrogen-bond acceptors (Lipinski definition) is 4. The van der Waals surface area contributed by atoms with Gasteiger partial charge in [-0.25, -0.2) is 0 Å². The lowest BCUT2D eigenvalue weighted by molar-refractivity contribution is 0.626. The summed E-state index contributed by atoms with van der Waals surface area (Å²) in [7, 11) is 0. The van der Waals surface area contributed by atoms with Gasteiger partial charge in [0, 0.05) is 16.0 Å². The normalized spacial score (nSPS) is 19.1. The summed E-state index contributed by atoms with van der Waals surface area (Å²) in [5.74, 6) is 0. The van der Waals surface area contributed by atoms with Gasteiger partial charge in [-0.15, -0.1) is 0 Å². The van der Waals surface area contributed by atoms with E-state index in [4.69, 9.17) is 4.99 Å². The third kappa shape index (κ3) is 4.73. The molecule has 2 N–H and O–H groups in total. The van der Waals surface area contributed by atoms with Crippen molar-refractivity contribution in [2.24, 2.45) is 4.99 Å². The first-order chi connectivity index (χ1) is 22.3. The van der Waals surface area contributed by atoms with Crippen molar-refractivity contribution in [1.82, 2.24) is 5.32 Å². The molecule has 3 aliphatic rings. The van der Waals surface area contributed by atoms with Gasteiger partial charge < -0.3 is 10.6 Å². The van der Waals surface area contributed by atoms with Gasteiger partial charge in [-0.05, 0) is 86.3 Å². The van der Waals surface area contributed by atoms with Crippen LogP contribution in [0.1, 0.15) is 41.1 Å². The van der Waals surface area contributed by atoms with Crippen molar-refractivity contribution in [2.45, 2.75) is 29.3 Å². The van der Waals surface area contributed by atoms with Crippen LogP contribution in [0, 0.1) is 0 Å². The summed E-state index contributed by atoms with van der Waals surface area (Å²) in [6, 6.07) is 41.8. The number of rotatable bonds is 4. The highest BCUT2D eigenvalue weighted by Gasteiger charge is 2.26. The van der Waals surface area contributed by atoms with E-state index in [0.717, 1.165) is 35.4 Å². The van der Waals surface area contributed by atoms with E-state index in [2.05, 4.69) is 150 Å². The van der Waals surface area contributed by atoms with Crippen molar-refractivity contribution in [3.63, 3.8) is 0 Å². The lowest BCUT2D eigenvalue weighted by atomic mass is 9.96. The largest absolute Gasteiger partial charge is 0.368 e. The molecule has 0 saturated carbocycles. The summed E-state index contributed by atoms with van der Waals surface area (Å²) in [6.07, 6.45) is 11.0. The molecule has 4 heteroatoms. The minimum atomic E-state index is -0.177. The van der Waals surface area contributed by atoms with Crippen molar-refractivity contribution in [3.8, 4) is 0 Å². The standard InChI is InChI=1S/C41H31N3S/c1-3-10-27(11-4-1)35-25-36(28-12-5-2-6-13-28)43-40(42-35)32-19-21-34-31(24-32)17-16-29-20-22-37-39(38(29)34)44-41(45-37)33-18-15-26-9-7-8-14-30(26)23-33/h1,3-5,7-25,40-41,43-44H,2,6H2. The molecule has 2 unspecified atom stereocenters. The van der Waals surface area contributed by atoms with Crippen LogP contribution in [0.2, 0.25) is 0 Å². The number of anilines is 1. The van der Waals surface area contributed by atoms with Crippen molar-refractivity contribution >= 4 is 55.5 Å². The number of thioether (sulfide) groups is 1. The van der Waals surface area contributed by atoms with E-state index < -0.39 is 0 Å². The van der Waals surface area contributed by atoms with Crippen LogP contribution in [-0.2, 0) is 0 Å². The molecule has 3 nitrogen and oxygen atoms in total. The first-order valence-corrected chi connectivity index (χ1v) is 16.5. The molecule has 0 radical (unpaired) electrons. The van der Waals surface area contributed by atoms with Gasteiger partial charge in [0.2, 0.25) is 0 Å². The molecule has 0 saturated heterocycles. The highest BCUT2D eigenvalue weighted by molar-refractivity contribution is 8.00. The first-order valence-electron chi connectivity index (χ1n) is 15.7. The zero-order valence-corrected chi connectivity index (χ0v) is 25.5. The van der Waals surface area contributed by atoms with Gasteiger partial charge in [-0.1, -0.05) is 127 Å². The Bertz CT molecular complexity index is 2260. The molecule has 0 aromatic heterocycles. The molecule has 45 heavy (non-hydrogen) atoms. The van der Waals surface area contributed by atoms with Gasteiger partial charge in [0.05, 0.1) is 11.4 Å². The van der Waals surface area contributed by atoms with E-state index >= 15 is 0 Å². The highest BCUT2D eigenvalue weighted by atomic mass is 32.2. The topological polar surface area (TPSA) is 36.4 Å². The van der Waals surface area contributed by atoms with Crippen LogP contribution >= 0.6 is 11.8 Å². The summed E-state index contributed by atoms with van der Waals surface area (Å²) in [5, 5.41) is 15.4. The van der Waals surface area contributed by atoms with Gasteiger partial charge >= 0.3 is 0 Å². The van der Waals surface area contributed by atoms with Crippen LogP contribution in [0.4, 0.5) is 5.69 Å². The Balaban J connectivity index is 1.10. The smallest absolute Gasteiger partial charge is 0.145 e. The molecular weight excluding hydrogens is 567 g/mol. The number of nitrogens with one attached hydrogen (secondary N) is 2. The average molecular weight is 598 g/mol. The van der Waals surface area contributed by atoms with Crippen LogP contribution in [0.25, 0.3) is 32.3 Å². The minimum Gasteiger partial charge on any atom is -0.368 e. The summed E-state index contributed by atoms with van der Waals surface area (Å²) in [4.78, 5) is 6.52. The maximum Gasteiger partial charge on any atom is 0.145 e. The summed E-state index contributed by atoms with van der Waals surface area (Å²) in [6.45, 7) is 0. The Kier molecular flexibility index (Phi) is 6.34. The van der Waals surface area contributed by atoms with E-state index in [1.807, 2.05) is 11.8 Å². The molecule has 0 fully saturated rings. The fraction of sp³-hybridized carbons (Fsp3) is 0.0976. The Hall–Kier alpha value is -5.06. The molecule has 0 amide bonds. The third-order valence-corrected chi connectivity index (χ3v) is 10.3. The van der Waals surface area contributed by atoms with Crippen molar-refractivity contribution in [2.75, 3.05) is 5.32 Å². The lowest BCUT2D eigenvalue weighted by Crippen LogP contribution is -2.26. The molecule has 2 atom stereocenters. The van der Waals surface area contributed by atoms with Gasteiger partial charge in [0.15, 0.2) is 0 Å².